The minimum atomic E-state index is -0.765. The van der Waals surface area contributed by atoms with Gasteiger partial charge in [0.15, 0.2) is 5.69 Å². The van der Waals surface area contributed by atoms with E-state index in [0.29, 0.717) is 11.0 Å². The summed E-state index contributed by atoms with van der Waals surface area (Å²) in [5.41, 5.74) is 1.76. The number of aromatic nitrogens is 2. The molecule has 0 fully saturated rings. The van der Waals surface area contributed by atoms with Crippen LogP contribution in [0.15, 0.2) is 30.5 Å². The lowest BCUT2D eigenvalue weighted by molar-refractivity contribution is -0.131. The minimum Gasteiger partial charge on any atom is -0.384 e. The van der Waals surface area contributed by atoms with Crippen LogP contribution in [0.3, 0.4) is 0 Å². The molecule has 1 aliphatic rings. The maximum absolute atomic E-state index is 11.8. The number of hydrogen-bond donors (Lipinski definition) is 0. The van der Waals surface area contributed by atoms with Crippen LogP contribution in [0.25, 0.3) is 16.6 Å². The Bertz CT molecular complexity index is 765. The van der Waals surface area contributed by atoms with E-state index in [-0.39, 0.29) is 17.0 Å². The number of nitrogens with zero attached hydrogens (tertiary/aromatic N) is 3. The summed E-state index contributed by atoms with van der Waals surface area (Å²) in [5, 5.41) is 0. The van der Waals surface area contributed by atoms with Crippen LogP contribution in [0.2, 0.25) is 0 Å². The molecule has 0 radical (unpaired) electrons. The van der Waals surface area contributed by atoms with Crippen molar-refractivity contribution in [2.75, 3.05) is 14.1 Å². The summed E-state index contributed by atoms with van der Waals surface area (Å²) in [6.45, 7) is 0. The molecule has 0 amide bonds. The molecular formula is C14H11N3O3. The van der Waals surface area contributed by atoms with Gasteiger partial charge < -0.3 is 9.64 Å². The molecule has 20 heavy (non-hydrogen) atoms. The van der Waals surface area contributed by atoms with Crippen molar-refractivity contribution in [2.24, 2.45) is 0 Å². The van der Waals surface area contributed by atoms with Gasteiger partial charge in [0.25, 0.3) is 0 Å². The number of carbonyl (C=O) groups is 2. The molecule has 0 bridgehead atoms. The van der Waals surface area contributed by atoms with Crippen molar-refractivity contribution >= 4 is 28.5 Å². The highest BCUT2D eigenvalue weighted by molar-refractivity contribution is 6.25. The predicted molar refractivity (Wildman–Crippen MR) is 71.6 cm³/mol. The third-order valence-corrected chi connectivity index (χ3v) is 2.81. The number of rotatable bonds is 1. The Morgan fingerprint density at radius 1 is 1.00 bits per heavy atom. The van der Waals surface area contributed by atoms with Crippen LogP contribution in [0.4, 0.5) is 0 Å². The second kappa shape index (κ2) is 4.41. The molecule has 0 atom stereocenters. The first kappa shape index (κ1) is 12.3. The van der Waals surface area contributed by atoms with Gasteiger partial charge in [-0.15, -0.1) is 0 Å². The zero-order valence-corrected chi connectivity index (χ0v) is 11.0. The summed E-state index contributed by atoms with van der Waals surface area (Å²) in [5.74, 6) is -1.47. The summed E-state index contributed by atoms with van der Waals surface area (Å²) < 4.78 is 4.70. The Morgan fingerprint density at radius 3 is 2.20 bits per heavy atom. The Kier molecular flexibility index (Phi) is 2.71. The molecule has 6 heteroatoms. The topological polar surface area (TPSA) is 72.4 Å². The molecule has 0 spiro atoms. The van der Waals surface area contributed by atoms with E-state index in [0.717, 1.165) is 0 Å². The highest BCUT2D eigenvalue weighted by Crippen LogP contribution is 2.26. The van der Waals surface area contributed by atoms with Crippen molar-refractivity contribution in [1.29, 1.82) is 0 Å². The highest BCUT2D eigenvalue weighted by Gasteiger charge is 2.33. The lowest BCUT2D eigenvalue weighted by Crippen LogP contribution is -2.25. The molecule has 1 aromatic carbocycles. The fourth-order valence-electron chi connectivity index (χ4n) is 1.99. The van der Waals surface area contributed by atoms with Gasteiger partial charge in [0, 0.05) is 20.3 Å². The van der Waals surface area contributed by atoms with Gasteiger partial charge in [0.2, 0.25) is 0 Å². The first-order valence-corrected chi connectivity index (χ1v) is 5.98. The first-order valence-electron chi connectivity index (χ1n) is 5.98. The Hall–Kier alpha value is -2.76. The minimum absolute atomic E-state index is 0.0661. The molecular weight excluding hydrogens is 258 g/mol. The molecule has 1 aromatic heterocycles. The number of carbonyl (C=O) groups excluding carboxylic acids is 2. The summed E-state index contributed by atoms with van der Waals surface area (Å²) in [6.07, 6.45) is 1.57. The summed E-state index contributed by atoms with van der Waals surface area (Å²) in [4.78, 5) is 33.9. The average Bonchev–Trinajstić information content (AvgIpc) is 2.41. The molecule has 0 saturated heterocycles. The fourth-order valence-corrected chi connectivity index (χ4v) is 1.99. The third kappa shape index (κ3) is 1.91. The van der Waals surface area contributed by atoms with Crippen LogP contribution in [-0.4, -0.2) is 40.9 Å². The molecule has 100 valence electrons. The van der Waals surface area contributed by atoms with Gasteiger partial charge in [-0.2, -0.15) is 0 Å². The Morgan fingerprint density at radius 2 is 1.60 bits per heavy atom. The predicted octanol–water partition coefficient (Wildman–Crippen LogP) is 1.23. The van der Waals surface area contributed by atoms with Crippen molar-refractivity contribution in [3.63, 3.8) is 0 Å². The van der Waals surface area contributed by atoms with E-state index >= 15 is 0 Å². The van der Waals surface area contributed by atoms with Gasteiger partial charge >= 0.3 is 11.9 Å². The Labute approximate surface area is 114 Å². The molecule has 6 nitrogen and oxygen atoms in total. The highest BCUT2D eigenvalue weighted by atomic mass is 16.6. The standard InChI is InChI=1S/C14H11N3O3/c1-17(2)7-8-11-12(14(19)20-13(8)18)16-10-6-4-3-5-9(10)15-11/h3-7H,1-2H3. The van der Waals surface area contributed by atoms with Crippen LogP contribution in [-0.2, 0) is 9.53 Å². The van der Waals surface area contributed by atoms with Crippen molar-refractivity contribution in [2.45, 2.75) is 0 Å². The summed E-state index contributed by atoms with van der Waals surface area (Å²) >= 11 is 0. The third-order valence-electron chi connectivity index (χ3n) is 2.81. The van der Waals surface area contributed by atoms with E-state index < -0.39 is 11.9 Å². The normalized spacial score (nSPS) is 16.2. The van der Waals surface area contributed by atoms with Crippen molar-refractivity contribution in [3.05, 3.63) is 41.9 Å². The van der Waals surface area contributed by atoms with Gasteiger partial charge in [0.1, 0.15) is 11.3 Å². The quantitative estimate of drug-likeness (QED) is 0.440. The second-order valence-electron chi connectivity index (χ2n) is 4.59. The zero-order chi connectivity index (χ0) is 14.3. The van der Waals surface area contributed by atoms with Crippen LogP contribution < -0.4 is 0 Å². The number of ether oxygens (including phenoxy) is 1. The van der Waals surface area contributed by atoms with Crippen molar-refractivity contribution in [1.82, 2.24) is 14.9 Å². The smallest absolute Gasteiger partial charge is 0.367 e. The number of cyclic esters (lactones) is 2. The lowest BCUT2D eigenvalue weighted by Gasteiger charge is -2.17. The van der Waals surface area contributed by atoms with E-state index in [2.05, 4.69) is 9.97 Å². The van der Waals surface area contributed by atoms with Gasteiger partial charge in [-0.25, -0.2) is 19.6 Å². The van der Waals surface area contributed by atoms with Crippen LogP contribution in [0.1, 0.15) is 16.2 Å². The number of hydrogen-bond acceptors (Lipinski definition) is 6. The van der Waals surface area contributed by atoms with E-state index in [1.54, 1.807) is 43.4 Å². The SMILES string of the molecule is CN(C)C=C1C(=O)OC(=O)c2nc3ccccc3nc21. The first-order chi connectivity index (χ1) is 9.56. The molecule has 0 N–H and O–H groups in total. The van der Waals surface area contributed by atoms with Crippen LogP contribution >= 0.6 is 0 Å². The fraction of sp³-hybridized carbons (Fsp3) is 0.143. The average molecular weight is 269 g/mol. The van der Waals surface area contributed by atoms with E-state index in [9.17, 15) is 9.59 Å². The summed E-state index contributed by atoms with van der Waals surface area (Å²) in [7, 11) is 3.54. The zero-order valence-electron chi connectivity index (χ0n) is 11.0. The molecule has 2 heterocycles. The van der Waals surface area contributed by atoms with Crippen molar-refractivity contribution < 1.29 is 14.3 Å². The Balaban J connectivity index is 2.31. The van der Waals surface area contributed by atoms with E-state index in [4.69, 9.17) is 4.74 Å². The summed E-state index contributed by atoms with van der Waals surface area (Å²) in [6, 6.07) is 7.16. The number of benzene rings is 1. The van der Waals surface area contributed by atoms with E-state index in [1.807, 2.05) is 6.07 Å². The van der Waals surface area contributed by atoms with Gasteiger partial charge in [0.05, 0.1) is 11.0 Å². The number of fused-ring (bicyclic) bond motifs is 2. The molecule has 2 aromatic rings. The number of esters is 2. The van der Waals surface area contributed by atoms with E-state index in [1.165, 1.54) is 0 Å². The van der Waals surface area contributed by atoms with Gasteiger partial charge in [-0.3, -0.25) is 0 Å². The largest absolute Gasteiger partial charge is 0.384 e. The molecule has 1 aliphatic heterocycles. The molecule has 0 saturated carbocycles. The number of para-hydroxylation sites is 2. The molecule has 0 aliphatic carbocycles. The maximum atomic E-state index is 11.8. The lowest BCUT2D eigenvalue weighted by atomic mass is 10.1. The van der Waals surface area contributed by atoms with Gasteiger partial charge in [-0.1, -0.05) is 12.1 Å². The molecule has 3 rings (SSSR count). The molecule has 0 unspecified atom stereocenters. The second-order valence-corrected chi connectivity index (χ2v) is 4.59. The van der Waals surface area contributed by atoms with Gasteiger partial charge in [-0.05, 0) is 12.1 Å². The monoisotopic (exact) mass is 269 g/mol. The van der Waals surface area contributed by atoms with Crippen LogP contribution in [0.5, 0.6) is 0 Å². The van der Waals surface area contributed by atoms with Crippen molar-refractivity contribution in [3.8, 4) is 0 Å². The van der Waals surface area contributed by atoms with Crippen LogP contribution in [0, 0.1) is 0 Å². The maximum Gasteiger partial charge on any atom is 0.367 e.